The maximum Gasteiger partial charge on any atom is 0.323 e. The van der Waals surface area contributed by atoms with Gasteiger partial charge in [0.2, 0.25) is 11.9 Å². The fraction of sp³-hybridized carbons (Fsp3) is 0.357. The van der Waals surface area contributed by atoms with E-state index < -0.39 is 0 Å². The first kappa shape index (κ1) is 14.8. The Balaban J connectivity index is 2.32. The lowest BCUT2D eigenvalue weighted by atomic mass is 10.2. The fourth-order valence-corrected chi connectivity index (χ4v) is 1.81. The predicted octanol–water partition coefficient (Wildman–Crippen LogP) is 2.12. The number of anilines is 4. The minimum atomic E-state index is 0.293. The van der Waals surface area contributed by atoms with E-state index >= 15 is 0 Å². The van der Waals surface area contributed by atoms with Crippen LogP contribution in [0, 0.1) is 0 Å². The second kappa shape index (κ2) is 6.74. The average Bonchev–Trinajstić information content (AvgIpc) is 2.47. The number of para-hydroxylation sites is 2. The standard InChI is InChI=1S/C14H20N6O/c1-5-21-14-18-12(15-2)17-13(19-14)16-10-8-6-7-9-11(10)20(3)4/h6-9H,5H2,1-4H3,(H2,15,16,17,18,19). The highest BCUT2D eigenvalue weighted by atomic mass is 16.5. The van der Waals surface area contributed by atoms with Crippen molar-refractivity contribution in [3.63, 3.8) is 0 Å². The van der Waals surface area contributed by atoms with E-state index in [1.54, 1.807) is 7.05 Å². The molecule has 0 fully saturated rings. The van der Waals surface area contributed by atoms with Gasteiger partial charge in [-0.1, -0.05) is 12.1 Å². The molecule has 2 aromatic rings. The Morgan fingerprint density at radius 3 is 2.48 bits per heavy atom. The molecule has 0 radical (unpaired) electrons. The second-order valence-corrected chi connectivity index (χ2v) is 4.48. The molecule has 0 aliphatic heterocycles. The first-order chi connectivity index (χ1) is 10.1. The molecular formula is C14H20N6O. The number of hydrogen-bond acceptors (Lipinski definition) is 7. The van der Waals surface area contributed by atoms with Crippen LogP contribution in [-0.2, 0) is 0 Å². The molecule has 0 saturated carbocycles. The highest BCUT2D eigenvalue weighted by Crippen LogP contribution is 2.26. The third-order valence-electron chi connectivity index (χ3n) is 2.74. The second-order valence-electron chi connectivity index (χ2n) is 4.48. The number of hydrogen-bond donors (Lipinski definition) is 2. The molecule has 7 heteroatoms. The Morgan fingerprint density at radius 1 is 1.10 bits per heavy atom. The van der Waals surface area contributed by atoms with E-state index in [9.17, 15) is 0 Å². The normalized spacial score (nSPS) is 10.1. The zero-order valence-corrected chi connectivity index (χ0v) is 12.7. The van der Waals surface area contributed by atoms with Gasteiger partial charge in [-0.15, -0.1) is 0 Å². The molecule has 0 spiro atoms. The zero-order chi connectivity index (χ0) is 15.2. The first-order valence-corrected chi connectivity index (χ1v) is 6.74. The topological polar surface area (TPSA) is 75.2 Å². The zero-order valence-electron chi connectivity index (χ0n) is 12.7. The molecule has 0 aliphatic carbocycles. The van der Waals surface area contributed by atoms with E-state index in [2.05, 4.69) is 25.6 Å². The SMILES string of the molecule is CCOc1nc(NC)nc(Nc2ccccc2N(C)C)n1. The molecule has 2 N–H and O–H groups in total. The molecule has 0 unspecified atom stereocenters. The third-order valence-corrected chi connectivity index (χ3v) is 2.74. The van der Waals surface area contributed by atoms with E-state index in [1.807, 2.05) is 50.2 Å². The maximum absolute atomic E-state index is 5.35. The molecule has 2 rings (SSSR count). The molecule has 0 saturated heterocycles. The largest absolute Gasteiger partial charge is 0.464 e. The molecule has 112 valence electrons. The van der Waals surface area contributed by atoms with Gasteiger partial charge < -0.3 is 20.3 Å². The van der Waals surface area contributed by atoms with Crippen molar-refractivity contribution < 1.29 is 4.74 Å². The van der Waals surface area contributed by atoms with Gasteiger partial charge in [-0.3, -0.25) is 0 Å². The lowest BCUT2D eigenvalue weighted by Crippen LogP contribution is -2.12. The van der Waals surface area contributed by atoms with Crippen LogP contribution >= 0.6 is 0 Å². The minimum absolute atomic E-state index is 0.293. The van der Waals surface area contributed by atoms with Crippen molar-refractivity contribution in [2.75, 3.05) is 43.3 Å². The first-order valence-electron chi connectivity index (χ1n) is 6.74. The number of ether oxygens (including phenoxy) is 1. The van der Waals surface area contributed by atoms with Crippen LogP contribution < -0.4 is 20.3 Å². The number of nitrogens with zero attached hydrogens (tertiary/aromatic N) is 4. The van der Waals surface area contributed by atoms with E-state index in [0.717, 1.165) is 11.4 Å². The van der Waals surface area contributed by atoms with Gasteiger partial charge in [-0.05, 0) is 19.1 Å². The van der Waals surface area contributed by atoms with Crippen LogP contribution in [0.2, 0.25) is 0 Å². The molecule has 1 aromatic heterocycles. The van der Waals surface area contributed by atoms with E-state index in [0.29, 0.717) is 24.5 Å². The van der Waals surface area contributed by atoms with Gasteiger partial charge in [0.25, 0.3) is 0 Å². The number of nitrogens with one attached hydrogen (secondary N) is 2. The summed E-state index contributed by atoms with van der Waals surface area (Å²) in [5, 5.41) is 6.10. The van der Waals surface area contributed by atoms with Gasteiger partial charge >= 0.3 is 6.01 Å². The van der Waals surface area contributed by atoms with E-state index in [4.69, 9.17) is 4.74 Å². The van der Waals surface area contributed by atoms with Gasteiger partial charge in [0.1, 0.15) is 0 Å². The molecule has 1 heterocycles. The quantitative estimate of drug-likeness (QED) is 0.843. The molecular weight excluding hydrogens is 268 g/mol. The van der Waals surface area contributed by atoms with Gasteiger partial charge in [-0.2, -0.15) is 15.0 Å². The van der Waals surface area contributed by atoms with Crippen LogP contribution in [0.3, 0.4) is 0 Å². The molecule has 0 amide bonds. The lowest BCUT2D eigenvalue weighted by molar-refractivity contribution is 0.312. The lowest BCUT2D eigenvalue weighted by Gasteiger charge is -2.17. The Labute approximate surface area is 124 Å². The number of aromatic nitrogens is 3. The summed E-state index contributed by atoms with van der Waals surface area (Å²) < 4.78 is 5.35. The van der Waals surface area contributed by atoms with Crippen LogP contribution in [0.4, 0.5) is 23.3 Å². The Bertz CT molecular complexity index is 602. The van der Waals surface area contributed by atoms with Gasteiger partial charge in [-0.25, -0.2) is 0 Å². The highest BCUT2D eigenvalue weighted by Gasteiger charge is 2.09. The van der Waals surface area contributed by atoms with E-state index in [-0.39, 0.29) is 0 Å². The van der Waals surface area contributed by atoms with Gasteiger partial charge in [0.15, 0.2) is 0 Å². The van der Waals surface area contributed by atoms with Gasteiger partial charge in [0, 0.05) is 21.1 Å². The number of rotatable bonds is 6. The molecule has 7 nitrogen and oxygen atoms in total. The molecule has 0 aliphatic rings. The van der Waals surface area contributed by atoms with E-state index in [1.165, 1.54) is 0 Å². The average molecular weight is 288 g/mol. The third kappa shape index (κ3) is 3.71. The summed E-state index contributed by atoms with van der Waals surface area (Å²) in [6.45, 7) is 2.39. The Kier molecular flexibility index (Phi) is 4.76. The Hall–Kier alpha value is -2.57. The monoisotopic (exact) mass is 288 g/mol. The smallest absolute Gasteiger partial charge is 0.323 e. The molecule has 0 bridgehead atoms. The summed E-state index contributed by atoms with van der Waals surface area (Å²) in [5.74, 6) is 0.894. The molecule has 1 aromatic carbocycles. The predicted molar refractivity (Wildman–Crippen MR) is 84.6 cm³/mol. The summed E-state index contributed by atoms with van der Waals surface area (Å²) in [6, 6.07) is 8.23. The van der Waals surface area contributed by atoms with Crippen LogP contribution in [0.25, 0.3) is 0 Å². The van der Waals surface area contributed by atoms with Crippen molar-refractivity contribution in [1.29, 1.82) is 0 Å². The van der Waals surface area contributed by atoms with Crippen LogP contribution in [0.1, 0.15) is 6.92 Å². The van der Waals surface area contributed by atoms with Crippen molar-refractivity contribution >= 4 is 23.3 Å². The van der Waals surface area contributed by atoms with Crippen LogP contribution in [0.5, 0.6) is 6.01 Å². The van der Waals surface area contributed by atoms with Crippen molar-refractivity contribution in [3.05, 3.63) is 24.3 Å². The summed E-state index contributed by atoms with van der Waals surface area (Å²) in [4.78, 5) is 14.7. The van der Waals surface area contributed by atoms with Crippen LogP contribution in [-0.4, -0.2) is 42.7 Å². The van der Waals surface area contributed by atoms with Gasteiger partial charge in [0.05, 0.1) is 18.0 Å². The number of benzene rings is 1. The van der Waals surface area contributed by atoms with Crippen molar-refractivity contribution in [2.45, 2.75) is 6.92 Å². The summed E-state index contributed by atoms with van der Waals surface area (Å²) >= 11 is 0. The van der Waals surface area contributed by atoms with Crippen molar-refractivity contribution in [1.82, 2.24) is 15.0 Å². The van der Waals surface area contributed by atoms with Crippen LogP contribution in [0.15, 0.2) is 24.3 Å². The molecule has 0 atom stereocenters. The minimum Gasteiger partial charge on any atom is -0.464 e. The van der Waals surface area contributed by atoms with Crippen molar-refractivity contribution in [3.8, 4) is 6.01 Å². The molecule has 21 heavy (non-hydrogen) atoms. The summed E-state index contributed by atoms with van der Waals surface area (Å²) in [5.41, 5.74) is 1.96. The maximum atomic E-state index is 5.35. The summed E-state index contributed by atoms with van der Waals surface area (Å²) in [6.07, 6.45) is 0. The Morgan fingerprint density at radius 2 is 1.81 bits per heavy atom. The summed E-state index contributed by atoms with van der Waals surface area (Å²) in [7, 11) is 5.72. The fourth-order valence-electron chi connectivity index (χ4n) is 1.81. The van der Waals surface area contributed by atoms with Crippen molar-refractivity contribution in [2.24, 2.45) is 0 Å². The highest BCUT2D eigenvalue weighted by molar-refractivity contribution is 5.73.